The summed E-state index contributed by atoms with van der Waals surface area (Å²) in [7, 11) is 1.54. The number of likely N-dealkylation sites (N-methyl/N-ethyl adjacent to an activating group) is 1. The van der Waals surface area contributed by atoms with Gasteiger partial charge in [-0.2, -0.15) is 0 Å². The van der Waals surface area contributed by atoms with E-state index in [9.17, 15) is 13.6 Å². The van der Waals surface area contributed by atoms with Crippen LogP contribution in [0.1, 0.15) is 18.4 Å². The average molecular weight is 240 g/mol. The summed E-state index contributed by atoms with van der Waals surface area (Å²) in [5, 5.41) is 0. The third-order valence-corrected chi connectivity index (χ3v) is 2.98. The lowest BCUT2D eigenvalue weighted by Crippen LogP contribution is -2.43. The summed E-state index contributed by atoms with van der Waals surface area (Å²) in [6.07, 6.45) is 1.31. The van der Waals surface area contributed by atoms with Gasteiger partial charge in [0.25, 0.3) is 0 Å². The fourth-order valence-corrected chi connectivity index (χ4v) is 1.72. The van der Waals surface area contributed by atoms with E-state index in [1.165, 1.54) is 4.90 Å². The summed E-state index contributed by atoms with van der Waals surface area (Å²) in [6.45, 7) is 0.0291. The highest BCUT2D eigenvalue weighted by Gasteiger charge is 2.47. The molecule has 1 aromatic carbocycles. The van der Waals surface area contributed by atoms with Gasteiger partial charge in [-0.3, -0.25) is 4.79 Å². The molecule has 0 heterocycles. The topological polar surface area (TPSA) is 46.3 Å². The second-order valence-corrected chi connectivity index (χ2v) is 4.55. The molecule has 0 atom stereocenters. The molecule has 2 rings (SSSR count). The Morgan fingerprint density at radius 2 is 2.12 bits per heavy atom. The molecule has 1 aromatic rings. The van der Waals surface area contributed by atoms with Crippen LogP contribution in [0.25, 0.3) is 0 Å². The predicted molar refractivity (Wildman–Crippen MR) is 59.0 cm³/mol. The van der Waals surface area contributed by atoms with E-state index >= 15 is 0 Å². The van der Waals surface area contributed by atoms with Crippen molar-refractivity contribution in [2.45, 2.75) is 24.9 Å². The van der Waals surface area contributed by atoms with Crippen molar-refractivity contribution >= 4 is 5.91 Å². The highest BCUT2D eigenvalue weighted by Crippen LogP contribution is 2.34. The molecule has 1 aliphatic rings. The van der Waals surface area contributed by atoms with Crippen LogP contribution in [0.3, 0.4) is 0 Å². The van der Waals surface area contributed by atoms with Gasteiger partial charge in [0, 0.05) is 19.2 Å². The van der Waals surface area contributed by atoms with Crippen LogP contribution in [0.2, 0.25) is 0 Å². The summed E-state index contributed by atoms with van der Waals surface area (Å²) in [4.78, 5) is 13.2. The van der Waals surface area contributed by atoms with E-state index in [-0.39, 0.29) is 18.0 Å². The lowest BCUT2D eigenvalue weighted by Gasteiger charge is -2.21. The Morgan fingerprint density at radius 1 is 1.47 bits per heavy atom. The van der Waals surface area contributed by atoms with Gasteiger partial charge in [0.1, 0.15) is 11.6 Å². The highest BCUT2D eigenvalue weighted by atomic mass is 19.1. The molecule has 0 aromatic heterocycles. The zero-order valence-electron chi connectivity index (χ0n) is 9.54. The van der Waals surface area contributed by atoms with Crippen molar-refractivity contribution in [3.05, 3.63) is 35.4 Å². The first-order chi connectivity index (χ1) is 7.92. The number of nitrogens with zero attached hydrogens (tertiary/aromatic N) is 1. The van der Waals surface area contributed by atoms with Gasteiger partial charge in [-0.15, -0.1) is 0 Å². The van der Waals surface area contributed by atoms with E-state index in [4.69, 9.17) is 5.73 Å². The van der Waals surface area contributed by atoms with Gasteiger partial charge in [-0.1, -0.05) is 0 Å². The van der Waals surface area contributed by atoms with Crippen LogP contribution in [0.4, 0.5) is 8.78 Å². The largest absolute Gasteiger partial charge is 0.340 e. The third-order valence-electron chi connectivity index (χ3n) is 2.98. The van der Waals surface area contributed by atoms with Gasteiger partial charge >= 0.3 is 0 Å². The van der Waals surface area contributed by atoms with Gasteiger partial charge < -0.3 is 10.6 Å². The van der Waals surface area contributed by atoms with E-state index in [0.717, 1.165) is 18.2 Å². The zero-order chi connectivity index (χ0) is 12.6. The quantitative estimate of drug-likeness (QED) is 0.868. The van der Waals surface area contributed by atoms with Gasteiger partial charge in [0.2, 0.25) is 5.91 Å². The van der Waals surface area contributed by atoms with E-state index in [1.54, 1.807) is 7.05 Å². The molecular formula is C12H14F2N2O. The number of amides is 1. The Morgan fingerprint density at radius 3 is 2.71 bits per heavy atom. The number of carbonyl (C=O) groups excluding carboxylic acids is 1. The van der Waals surface area contributed by atoms with Gasteiger partial charge in [0.15, 0.2) is 0 Å². The van der Waals surface area contributed by atoms with Crippen LogP contribution >= 0.6 is 0 Å². The first-order valence-corrected chi connectivity index (χ1v) is 5.41. The zero-order valence-corrected chi connectivity index (χ0v) is 9.54. The molecule has 1 aliphatic carbocycles. The van der Waals surface area contributed by atoms with E-state index < -0.39 is 17.2 Å². The van der Waals surface area contributed by atoms with E-state index in [0.29, 0.717) is 12.8 Å². The Labute approximate surface area is 98.2 Å². The van der Waals surface area contributed by atoms with Gasteiger partial charge in [0.05, 0.1) is 5.54 Å². The van der Waals surface area contributed by atoms with Crippen molar-refractivity contribution in [2.24, 2.45) is 5.73 Å². The van der Waals surface area contributed by atoms with Gasteiger partial charge in [-0.25, -0.2) is 8.78 Å². The van der Waals surface area contributed by atoms with E-state index in [1.807, 2.05) is 0 Å². The molecule has 5 heteroatoms. The molecule has 0 unspecified atom stereocenters. The summed E-state index contributed by atoms with van der Waals surface area (Å²) in [5.41, 5.74) is 5.13. The highest BCUT2D eigenvalue weighted by molar-refractivity contribution is 5.88. The summed E-state index contributed by atoms with van der Waals surface area (Å²) < 4.78 is 26.3. The Kier molecular flexibility index (Phi) is 2.87. The van der Waals surface area contributed by atoms with Crippen LogP contribution in [0.15, 0.2) is 18.2 Å². The van der Waals surface area contributed by atoms with Crippen LogP contribution in [-0.4, -0.2) is 23.4 Å². The number of carbonyl (C=O) groups is 1. The minimum Gasteiger partial charge on any atom is -0.340 e. The van der Waals surface area contributed by atoms with Crippen LogP contribution in [0.5, 0.6) is 0 Å². The first kappa shape index (κ1) is 12.0. The van der Waals surface area contributed by atoms with Gasteiger partial charge in [-0.05, 0) is 31.0 Å². The summed E-state index contributed by atoms with van der Waals surface area (Å²) in [6, 6.07) is 3.19. The Balaban J connectivity index is 2.10. The van der Waals surface area contributed by atoms with Crippen molar-refractivity contribution in [1.29, 1.82) is 0 Å². The molecule has 3 nitrogen and oxygen atoms in total. The third kappa shape index (κ3) is 2.44. The number of rotatable bonds is 3. The molecule has 1 saturated carbocycles. The molecule has 0 bridgehead atoms. The molecule has 0 saturated heterocycles. The lowest BCUT2D eigenvalue weighted by atomic mass is 10.1. The maximum atomic E-state index is 13.4. The summed E-state index contributed by atoms with van der Waals surface area (Å²) >= 11 is 0. The Bertz CT molecular complexity index is 458. The first-order valence-electron chi connectivity index (χ1n) is 5.41. The molecule has 0 spiro atoms. The number of nitrogens with two attached hydrogens (primary N) is 1. The van der Waals surface area contributed by atoms with Crippen molar-refractivity contribution in [3.8, 4) is 0 Å². The van der Waals surface area contributed by atoms with Crippen LogP contribution in [-0.2, 0) is 11.3 Å². The van der Waals surface area contributed by atoms with Crippen molar-refractivity contribution in [3.63, 3.8) is 0 Å². The average Bonchev–Trinajstić information content (AvgIpc) is 3.02. The van der Waals surface area contributed by atoms with Crippen molar-refractivity contribution in [1.82, 2.24) is 4.90 Å². The number of hydrogen-bond donors (Lipinski definition) is 1. The smallest absolute Gasteiger partial charge is 0.242 e. The normalized spacial score (nSPS) is 16.7. The second kappa shape index (κ2) is 4.07. The fraction of sp³-hybridized carbons (Fsp3) is 0.417. The SMILES string of the molecule is CN(Cc1cc(F)ccc1F)C(=O)C1(N)CC1. The molecule has 92 valence electrons. The van der Waals surface area contributed by atoms with Crippen LogP contribution < -0.4 is 5.73 Å². The number of hydrogen-bond acceptors (Lipinski definition) is 2. The maximum absolute atomic E-state index is 13.4. The molecule has 0 aliphatic heterocycles. The minimum atomic E-state index is -0.779. The van der Waals surface area contributed by atoms with Crippen molar-refractivity contribution < 1.29 is 13.6 Å². The fourth-order valence-electron chi connectivity index (χ4n) is 1.72. The Hall–Kier alpha value is -1.49. The number of halogens is 2. The van der Waals surface area contributed by atoms with Crippen LogP contribution in [0, 0.1) is 11.6 Å². The molecule has 0 radical (unpaired) electrons. The lowest BCUT2D eigenvalue weighted by molar-refractivity contribution is -0.132. The molecular weight excluding hydrogens is 226 g/mol. The monoisotopic (exact) mass is 240 g/mol. The predicted octanol–water partition coefficient (Wildman–Crippen LogP) is 1.41. The standard InChI is InChI=1S/C12H14F2N2O/c1-16(11(17)12(15)4-5-12)7-8-6-9(13)2-3-10(8)14/h2-3,6H,4-5,7,15H2,1H3. The summed E-state index contributed by atoms with van der Waals surface area (Å²) in [5.74, 6) is -1.26. The van der Waals surface area contributed by atoms with E-state index in [2.05, 4.69) is 0 Å². The van der Waals surface area contributed by atoms with Crippen molar-refractivity contribution in [2.75, 3.05) is 7.05 Å². The molecule has 17 heavy (non-hydrogen) atoms. The number of benzene rings is 1. The molecule has 1 fully saturated rings. The maximum Gasteiger partial charge on any atom is 0.242 e. The molecule has 2 N–H and O–H groups in total. The minimum absolute atomic E-state index is 0.0291. The second-order valence-electron chi connectivity index (χ2n) is 4.55. The molecule has 1 amide bonds.